The highest BCUT2D eigenvalue weighted by Gasteiger charge is 2.11. The van der Waals surface area contributed by atoms with Gasteiger partial charge >= 0.3 is 0 Å². The molecule has 0 atom stereocenters. The first kappa shape index (κ1) is 15.1. The van der Waals surface area contributed by atoms with Crippen LogP contribution in [0.15, 0.2) is 18.2 Å². The van der Waals surface area contributed by atoms with Gasteiger partial charge in [0.05, 0.1) is 5.02 Å². The third kappa shape index (κ3) is 4.39. The molecule has 4 heteroatoms. The monoisotopic (exact) mass is 271 g/mol. The summed E-state index contributed by atoms with van der Waals surface area (Å²) in [6.07, 6.45) is 0.571. The molecule has 0 amide bonds. The molecule has 100 valence electrons. The van der Waals surface area contributed by atoms with Gasteiger partial charge in [0.15, 0.2) is 0 Å². The van der Waals surface area contributed by atoms with Crippen LogP contribution >= 0.6 is 11.6 Å². The van der Waals surface area contributed by atoms with Crippen LogP contribution in [0.2, 0.25) is 5.02 Å². The number of carbonyl (C=O) groups is 1. The average Bonchev–Trinajstić information content (AvgIpc) is 2.36. The molecular weight excluding hydrogens is 253 g/mol. The summed E-state index contributed by atoms with van der Waals surface area (Å²) in [5.41, 5.74) is 0.382. The molecule has 0 bridgehead atoms. The summed E-state index contributed by atoms with van der Waals surface area (Å²) in [6, 6.07) is 4.76. The molecule has 0 saturated carbocycles. The van der Waals surface area contributed by atoms with E-state index in [2.05, 4.69) is 18.7 Å². The lowest BCUT2D eigenvalue weighted by atomic mass is 10.1. The van der Waals surface area contributed by atoms with Crippen LogP contribution in [0.4, 0.5) is 4.39 Å². The fourth-order valence-electron chi connectivity index (χ4n) is 1.81. The summed E-state index contributed by atoms with van der Waals surface area (Å²) >= 11 is 5.68. The second-order valence-corrected chi connectivity index (χ2v) is 4.61. The highest BCUT2D eigenvalue weighted by atomic mass is 35.5. The molecule has 0 aliphatic carbocycles. The standard InChI is InChI=1S/C14H19ClFNO/c1-3-17(4-2)9-8-12(18)10-11-6-5-7-13(15)14(11)16/h5-7H,3-4,8-10H2,1-2H3. The van der Waals surface area contributed by atoms with E-state index in [0.717, 1.165) is 19.6 Å². The Morgan fingerprint density at radius 1 is 1.33 bits per heavy atom. The van der Waals surface area contributed by atoms with Crippen LogP contribution in [0.1, 0.15) is 25.8 Å². The fourth-order valence-corrected chi connectivity index (χ4v) is 2.00. The minimum atomic E-state index is -0.477. The maximum Gasteiger partial charge on any atom is 0.145 e. The predicted molar refractivity (Wildman–Crippen MR) is 72.5 cm³/mol. The van der Waals surface area contributed by atoms with Gasteiger partial charge in [-0.1, -0.05) is 37.6 Å². The van der Waals surface area contributed by atoms with Crippen molar-refractivity contribution < 1.29 is 9.18 Å². The minimum Gasteiger partial charge on any atom is -0.303 e. The van der Waals surface area contributed by atoms with Crippen LogP contribution in [0.3, 0.4) is 0 Å². The first-order valence-corrected chi connectivity index (χ1v) is 6.63. The second-order valence-electron chi connectivity index (χ2n) is 4.21. The van der Waals surface area contributed by atoms with E-state index in [1.54, 1.807) is 12.1 Å². The topological polar surface area (TPSA) is 20.3 Å². The second kappa shape index (κ2) is 7.49. The zero-order valence-corrected chi connectivity index (χ0v) is 11.6. The Morgan fingerprint density at radius 3 is 2.61 bits per heavy atom. The van der Waals surface area contributed by atoms with E-state index in [0.29, 0.717) is 12.0 Å². The quantitative estimate of drug-likeness (QED) is 0.758. The lowest BCUT2D eigenvalue weighted by Crippen LogP contribution is -2.26. The SMILES string of the molecule is CCN(CC)CCC(=O)Cc1cccc(Cl)c1F. The van der Waals surface area contributed by atoms with Crippen LogP contribution in [0, 0.1) is 5.82 Å². The van der Waals surface area contributed by atoms with E-state index < -0.39 is 5.82 Å². The Kier molecular flexibility index (Phi) is 6.30. The third-order valence-corrected chi connectivity index (χ3v) is 3.31. The van der Waals surface area contributed by atoms with Gasteiger partial charge in [-0.05, 0) is 24.7 Å². The molecule has 0 aliphatic rings. The molecule has 0 radical (unpaired) electrons. The van der Waals surface area contributed by atoms with Crippen molar-refractivity contribution in [3.05, 3.63) is 34.6 Å². The molecule has 0 fully saturated rings. The van der Waals surface area contributed by atoms with Crippen LogP contribution in [-0.4, -0.2) is 30.3 Å². The van der Waals surface area contributed by atoms with E-state index in [1.807, 2.05) is 0 Å². The van der Waals surface area contributed by atoms with Crippen LogP contribution in [-0.2, 0) is 11.2 Å². The molecule has 0 heterocycles. The molecule has 0 saturated heterocycles. The first-order valence-electron chi connectivity index (χ1n) is 6.25. The van der Waals surface area contributed by atoms with E-state index in [4.69, 9.17) is 11.6 Å². The largest absolute Gasteiger partial charge is 0.303 e. The molecule has 0 aromatic heterocycles. The van der Waals surface area contributed by atoms with Crippen molar-refractivity contribution >= 4 is 17.4 Å². The maximum absolute atomic E-state index is 13.6. The van der Waals surface area contributed by atoms with Crippen molar-refractivity contribution in [2.75, 3.05) is 19.6 Å². The Balaban J connectivity index is 2.52. The van der Waals surface area contributed by atoms with Gasteiger partial charge in [-0.15, -0.1) is 0 Å². The van der Waals surface area contributed by atoms with Gasteiger partial charge in [-0.25, -0.2) is 4.39 Å². The molecular formula is C14H19ClFNO. The Bertz CT molecular complexity index is 405. The predicted octanol–water partition coefficient (Wildman–Crippen LogP) is 3.32. The number of rotatable bonds is 7. The van der Waals surface area contributed by atoms with Gasteiger partial charge in [-0.3, -0.25) is 4.79 Å². The molecule has 1 aromatic rings. The van der Waals surface area contributed by atoms with Crippen molar-refractivity contribution in [3.63, 3.8) is 0 Å². The van der Waals surface area contributed by atoms with Crippen molar-refractivity contribution in [2.45, 2.75) is 26.7 Å². The van der Waals surface area contributed by atoms with Crippen LogP contribution < -0.4 is 0 Å². The zero-order valence-electron chi connectivity index (χ0n) is 10.9. The number of nitrogens with zero attached hydrogens (tertiary/aromatic N) is 1. The number of benzene rings is 1. The van der Waals surface area contributed by atoms with Crippen molar-refractivity contribution in [3.8, 4) is 0 Å². The lowest BCUT2D eigenvalue weighted by Gasteiger charge is -2.17. The highest BCUT2D eigenvalue weighted by molar-refractivity contribution is 6.30. The number of hydrogen-bond donors (Lipinski definition) is 0. The first-order chi connectivity index (χ1) is 8.58. The maximum atomic E-state index is 13.6. The molecule has 0 N–H and O–H groups in total. The van der Waals surface area contributed by atoms with Gasteiger partial charge in [0, 0.05) is 19.4 Å². The summed E-state index contributed by atoms with van der Waals surface area (Å²) < 4.78 is 13.6. The number of hydrogen-bond acceptors (Lipinski definition) is 2. The molecule has 1 aromatic carbocycles. The minimum absolute atomic E-state index is 0.0445. The van der Waals surface area contributed by atoms with Gasteiger partial charge in [0.1, 0.15) is 11.6 Å². The van der Waals surface area contributed by atoms with Crippen molar-refractivity contribution in [1.29, 1.82) is 0 Å². The van der Waals surface area contributed by atoms with E-state index in [-0.39, 0.29) is 17.2 Å². The van der Waals surface area contributed by atoms with Crippen molar-refractivity contribution in [2.24, 2.45) is 0 Å². The summed E-state index contributed by atoms with van der Waals surface area (Å²) in [6.45, 7) is 6.70. The normalized spacial score (nSPS) is 10.9. The molecule has 2 nitrogen and oxygen atoms in total. The molecule has 0 spiro atoms. The third-order valence-electron chi connectivity index (χ3n) is 3.02. The Hall–Kier alpha value is -0.930. The fraction of sp³-hybridized carbons (Fsp3) is 0.500. The summed E-state index contributed by atoms with van der Waals surface area (Å²) in [7, 11) is 0. The smallest absolute Gasteiger partial charge is 0.145 e. The lowest BCUT2D eigenvalue weighted by molar-refractivity contribution is -0.118. The average molecular weight is 272 g/mol. The Labute approximate surface area is 113 Å². The molecule has 0 aliphatic heterocycles. The van der Waals surface area contributed by atoms with E-state index >= 15 is 0 Å². The van der Waals surface area contributed by atoms with Gasteiger partial charge in [0.2, 0.25) is 0 Å². The zero-order chi connectivity index (χ0) is 13.5. The van der Waals surface area contributed by atoms with Gasteiger partial charge in [-0.2, -0.15) is 0 Å². The molecule has 0 unspecified atom stereocenters. The van der Waals surface area contributed by atoms with E-state index in [1.165, 1.54) is 6.07 Å². The summed E-state index contributed by atoms with van der Waals surface area (Å²) in [5, 5.41) is 0.0732. The van der Waals surface area contributed by atoms with E-state index in [9.17, 15) is 9.18 Å². The molecule has 1 rings (SSSR count). The highest BCUT2D eigenvalue weighted by Crippen LogP contribution is 2.18. The molecule has 18 heavy (non-hydrogen) atoms. The number of Topliss-reactive ketones (excluding diaryl/α,β-unsaturated/α-hetero) is 1. The number of carbonyl (C=O) groups excluding carboxylic acids is 1. The Morgan fingerprint density at radius 2 is 2.00 bits per heavy atom. The van der Waals surface area contributed by atoms with Gasteiger partial charge < -0.3 is 4.90 Å². The van der Waals surface area contributed by atoms with Crippen LogP contribution in [0.5, 0.6) is 0 Å². The van der Waals surface area contributed by atoms with Crippen LogP contribution in [0.25, 0.3) is 0 Å². The summed E-state index contributed by atoms with van der Waals surface area (Å²) in [4.78, 5) is 13.9. The van der Waals surface area contributed by atoms with Gasteiger partial charge in [0.25, 0.3) is 0 Å². The van der Waals surface area contributed by atoms with Crippen molar-refractivity contribution in [1.82, 2.24) is 4.90 Å². The summed E-state index contributed by atoms with van der Waals surface area (Å²) in [5.74, 6) is -0.432. The number of halogens is 2. The number of ketones is 1.